The Kier molecular flexibility index (Phi) is 4.64. The Morgan fingerprint density at radius 1 is 1.39 bits per heavy atom. The highest BCUT2D eigenvalue weighted by Crippen LogP contribution is 2.26. The molecule has 23 heavy (non-hydrogen) atoms. The van der Waals surface area contributed by atoms with E-state index in [4.69, 9.17) is 4.74 Å². The number of nitrogens with one attached hydrogen (secondary N) is 1. The van der Waals surface area contributed by atoms with Crippen molar-refractivity contribution >= 4 is 11.6 Å². The lowest BCUT2D eigenvalue weighted by Gasteiger charge is -2.39. The molecule has 1 atom stereocenters. The van der Waals surface area contributed by atoms with Crippen LogP contribution in [0.2, 0.25) is 0 Å². The summed E-state index contributed by atoms with van der Waals surface area (Å²) >= 11 is 0. The number of anilines is 1. The third-order valence-electron chi connectivity index (χ3n) is 4.59. The van der Waals surface area contributed by atoms with Crippen molar-refractivity contribution in [1.29, 1.82) is 0 Å². The fraction of sp³-hybridized carbons (Fsp3) is 0.588. The third kappa shape index (κ3) is 3.70. The number of carbonyl (C=O) groups is 1. The van der Waals surface area contributed by atoms with E-state index in [2.05, 4.69) is 11.4 Å². The molecular formula is C17H22F2N2O2. The maximum Gasteiger partial charge on any atom is 0.268 e. The first kappa shape index (κ1) is 16.3. The molecule has 1 aromatic carbocycles. The van der Waals surface area contributed by atoms with Gasteiger partial charge in [-0.3, -0.25) is 9.69 Å². The molecule has 0 saturated carbocycles. The van der Waals surface area contributed by atoms with Gasteiger partial charge in [0.15, 0.2) is 0 Å². The lowest BCUT2D eigenvalue weighted by Crippen LogP contribution is -2.55. The minimum atomic E-state index is -2.56. The molecule has 1 saturated heterocycles. The maximum absolute atomic E-state index is 13.0. The average molecular weight is 324 g/mol. The first-order valence-corrected chi connectivity index (χ1v) is 8.02. The van der Waals surface area contributed by atoms with E-state index in [-0.39, 0.29) is 25.6 Å². The molecule has 1 aliphatic carbocycles. The molecular weight excluding hydrogens is 302 g/mol. The molecule has 1 N–H and O–H groups in total. The normalized spacial score (nSPS) is 24.7. The Hall–Kier alpha value is -1.53. The van der Waals surface area contributed by atoms with Gasteiger partial charge in [0.2, 0.25) is 5.91 Å². The van der Waals surface area contributed by atoms with Crippen LogP contribution in [0.3, 0.4) is 0 Å². The summed E-state index contributed by atoms with van der Waals surface area (Å²) in [6.07, 6.45) is 0.746. The quantitative estimate of drug-likeness (QED) is 0.925. The summed E-state index contributed by atoms with van der Waals surface area (Å²) < 4.78 is 31.3. The van der Waals surface area contributed by atoms with Gasteiger partial charge >= 0.3 is 0 Å². The number of alkyl halides is 2. The Morgan fingerprint density at radius 3 is 2.96 bits per heavy atom. The number of aryl methyl sites for hydroxylation is 2. The van der Waals surface area contributed by atoms with E-state index >= 15 is 0 Å². The van der Waals surface area contributed by atoms with Crippen LogP contribution < -0.4 is 5.32 Å². The van der Waals surface area contributed by atoms with Crippen LogP contribution in [0.25, 0.3) is 0 Å². The first-order valence-electron chi connectivity index (χ1n) is 8.02. The predicted octanol–water partition coefficient (Wildman–Crippen LogP) is 2.47. The van der Waals surface area contributed by atoms with Crippen LogP contribution in [0.5, 0.6) is 0 Å². The second-order valence-electron chi connectivity index (χ2n) is 6.56. The average Bonchev–Trinajstić information content (AvgIpc) is 2.94. The highest BCUT2D eigenvalue weighted by atomic mass is 19.3. The van der Waals surface area contributed by atoms with Crippen molar-refractivity contribution in [2.75, 3.05) is 31.6 Å². The van der Waals surface area contributed by atoms with E-state index < -0.39 is 12.0 Å². The maximum atomic E-state index is 13.0. The van der Waals surface area contributed by atoms with Gasteiger partial charge in [-0.15, -0.1) is 0 Å². The van der Waals surface area contributed by atoms with Crippen LogP contribution in [0.1, 0.15) is 24.5 Å². The number of benzene rings is 1. The highest BCUT2D eigenvalue weighted by molar-refractivity contribution is 5.92. The second kappa shape index (κ2) is 6.53. The van der Waals surface area contributed by atoms with E-state index in [0.29, 0.717) is 6.54 Å². The molecule has 126 valence electrons. The number of fused-ring (bicyclic) bond motifs is 1. The zero-order valence-corrected chi connectivity index (χ0v) is 13.3. The number of hydrogen-bond acceptors (Lipinski definition) is 3. The van der Waals surface area contributed by atoms with Gasteiger partial charge in [-0.2, -0.15) is 0 Å². The fourth-order valence-corrected chi connectivity index (χ4v) is 3.30. The molecule has 0 bridgehead atoms. The zero-order chi connectivity index (χ0) is 16.4. The molecule has 1 amide bonds. The van der Waals surface area contributed by atoms with Crippen molar-refractivity contribution in [3.8, 4) is 0 Å². The summed E-state index contributed by atoms with van der Waals surface area (Å²) in [4.78, 5) is 13.9. The molecule has 1 aliphatic heterocycles. The van der Waals surface area contributed by atoms with Crippen LogP contribution in [-0.4, -0.2) is 49.1 Å². The van der Waals surface area contributed by atoms with Crippen molar-refractivity contribution in [1.82, 2.24) is 4.90 Å². The SMILES string of the molecule is CC1(C(F)F)CN(CC(=O)Nc2ccc3c(c2)CCC3)CCO1. The zero-order valence-electron chi connectivity index (χ0n) is 13.3. The van der Waals surface area contributed by atoms with Gasteiger partial charge in [-0.25, -0.2) is 8.78 Å². The van der Waals surface area contributed by atoms with Gasteiger partial charge in [-0.1, -0.05) is 6.07 Å². The first-order chi connectivity index (χ1) is 11.0. The Bertz CT molecular complexity index is 594. The van der Waals surface area contributed by atoms with E-state index in [1.54, 1.807) is 4.90 Å². The third-order valence-corrected chi connectivity index (χ3v) is 4.59. The fourth-order valence-electron chi connectivity index (χ4n) is 3.30. The van der Waals surface area contributed by atoms with E-state index in [0.717, 1.165) is 24.9 Å². The standard InChI is InChI=1S/C17H22F2N2O2/c1-17(16(18)19)11-21(7-8-23-17)10-15(22)20-14-6-5-12-3-2-4-13(12)9-14/h5-6,9,16H,2-4,7-8,10-11H2,1H3,(H,20,22). The van der Waals surface area contributed by atoms with Crippen LogP contribution in [0.15, 0.2) is 18.2 Å². The van der Waals surface area contributed by atoms with E-state index in [1.807, 2.05) is 12.1 Å². The molecule has 3 rings (SSSR count). The summed E-state index contributed by atoms with van der Waals surface area (Å²) in [6, 6.07) is 5.98. The van der Waals surface area contributed by atoms with Gasteiger partial charge in [0.05, 0.1) is 13.2 Å². The number of carbonyl (C=O) groups excluding carboxylic acids is 1. The van der Waals surface area contributed by atoms with Crippen LogP contribution in [0, 0.1) is 0 Å². The number of rotatable bonds is 4. The lowest BCUT2D eigenvalue weighted by molar-refractivity contribution is -0.170. The van der Waals surface area contributed by atoms with Gasteiger partial charge in [0.25, 0.3) is 6.43 Å². The minimum absolute atomic E-state index is 0.0578. The summed E-state index contributed by atoms with van der Waals surface area (Å²) in [6.45, 7) is 2.25. The lowest BCUT2D eigenvalue weighted by atomic mass is 10.1. The molecule has 4 nitrogen and oxygen atoms in total. The van der Waals surface area contributed by atoms with Crippen LogP contribution in [-0.2, 0) is 22.4 Å². The molecule has 2 aliphatic rings. The molecule has 0 spiro atoms. The van der Waals surface area contributed by atoms with Gasteiger partial charge in [0.1, 0.15) is 5.60 Å². The van der Waals surface area contributed by atoms with Gasteiger partial charge < -0.3 is 10.1 Å². The van der Waals surface area contributed by atoms with Gasteiger partial charge in [-0.05, 0) is 49.4 Å². The van der Waals surface area contributed by atoms with Crippen molar-refractivity contribution < 1.29 is 18.3 Å². The second-order valence-corrected chi connectivity index (χ2v) is 6.56. The molecule has 0 aromatic heterocycles. The number of hydrogen-bond donors (Lipinski definition) is 1. The number of nitrogens with zero attached hydrogens (tertiary/aromatic N) is 1. The molecule has 6 heteroatoms. The van der Waals surface area contributed by atoms with Crippen molar-refractivity contribution in [2.45, 2.75) is 38.2 Å². The Balaban J connectivity index is 1.57. The molecule has 1 aromatic rings. The Labute approximate surface area is 134 Å². The smallest absolute Gasteiger partial charge is 0.268 e. The summed E-state index contributed by atoms with van der Waals surface area (Å²) in [5.74, 6) is -0.179. The van der Waals surface area contributed by atoms with Crippen LogP contribution >= 0.6 is 0 Å². The number of halogens is 2. The minimum Gasteiger partial charge on any atom is -0.367 e. The Morgan fingerprint density at radius 2 is 2.17 bits per heavy atom. The molecule has 1 unspecified atom stereocenters. The van der Waals surface area contributed by atoms with Crippen molar-refractivity contribution in [2.24, 2.45) is 0 Å². The van der Waals surface area contributed by atoms with Gasteiger partial charge in [0, 0.05) is 18.8 Å². The summed E-state index contributed by atoms with van der Waals surface area (Å²) in [5.41, 5.74) is 1.93. The largest absolute Gasteiger partial charge is 0.367 e. The van der Waals surface area contributed by atoms with Crippen molar-refractivity contribution in [3.63, 3.8) is 0 Å². The van der Waals surface area contributed by atoms with E-state index in [9.17, 15) is 13.6 Å². The van der Waals surface area contributed by atoms with Crippen LogP contribution in [0.4, 0.5) is 14.5 Å². The highest BCUT2D eigenvalue weighted by Gasteiger charge is 2.40. The summed E-state index contributed by atoms with van der Waals surface area (Å²) in [5, 5.41) is 2.87. The molecule has 1 heterocycles. The topological polar surface area (TPSA) is 41.6 Å². The molecule has 0 radical (unpaired) electrons. The number of amides is 1. The number of ether oxygens (including phenoxy) is 1. The predicted molar refractivity (Wildman–Crippen MR) is 83.9 cm³/mol. The van der Waals surface area contributed by atoms with E-state index in [1.165, 1.54) is 18.1 Å². The molecule has 1 fully saturated rings. The number of morpholine rings is 1. The summed E-state index contributed by atoms with van der Waals surface area (Å²) in [7, 11) is 0. The van der Waals surface area contributed by atoms with Crippen molar-refractivity contribution in [3.05, 3.63) is 29.3 Å². The monoisotopic (exact) mass is 324 g/mol.